The summed E-state index contributed by atoms with van der Waals surface area (Å²) in [6.45, 7) is 0. The standard InChI is InChI=1S/C50H29N3O/c51-29-32-27-31(21-24-41(32)52-43-18-8-4-15-38(43)48-40-28-30-11-1-2-12-33(30)35(40)22-25-45(48)52)34-13-3-7-17-42(34)53-44-19-9-5-16-39(44)49-46(53)26-23-37-36-14-6-10-20-47(36)54-50(37)49/h1-27H,28H2. The molecule has 0 bridgehead atoms. The summed E-state index contributed by atoms with van der Waals surface area (Å²) in [5.74, 6) is 0. The molecule has 0 amide bonds. The second-order valence-corrected chi connectivity index (χ2v) is 14.3. The van der Waals surface area contributed by atoms with Crippen LogP contribution in [0, 0.1) is 11.3 Å². The molecule has 11 aromatic rings. The van der Waals surface area contributed by atoms with Crippen LogP contribution in [0.4, 0.5) is 0 Å². The smallest absolute Gasteiger partial charge is 0.145 e. The third-order valence-electron chi connectivity index (χ3n) is 11.6. The summed E-state index contributed by atoms with van der Waals surface area (Å²) in [5, 5.41) is 17.8. The second-order valence-electron chi connectivity index (χ2n) is 14.3. The summed E-state index contributed by atoms with van der Waals surface area (Å²) in [4.78, 5) is 0. The van der Waals surface area contributed by atoms with E-state index in [-0.39, 0.29) is 0 Å². The Morgan fingerprint density at radius 1 is 0.481 bits per heavy atom. The Morgan fingerprint density at radius 3 is 1.96 bits per heavy atom. The van der Waals surface area contributed by atoms with Gasteiger partial charge >= 0.3 is 0 Å². The highest BCUT2D eigenvalue weighted by atomic mass is 16.3. The Bertz CT molecular complexity index is 3440. The second kappa shape index (κ2) is 10.8. The van der Waals surface area contributed by atoms with Crippen LogP contribution in [0.1, 0.15) is 16.7 Å². The molecule has 12 rings (SSSR count). The van der Waals surface area contributed by atoms with Gasteiger partial charge in [-0.3, -0.25) is 0 Å². The number of rotatable bonds is 3. The van der Waals surface area contributed by atoms with Gasteiger partial charge < -0.3 is 13.6 Å². The largest absolute Gasteiger partial charge is 0.455 e. The summed E-state index contributed by atoms with van der Waals surface area (Å²) in [6, 6.07) is 60.5. The first-order valence-electron chi connectivity index (χ1n) is 18.4. The predicted octanol–water partition coefficient (Wildman–Crippen LogP) is 12.9. The maximum Gasteiger partial charge on any atom is 0.145 e. The van der Waals surface area contributed by atoms with E-state index < -0.39 is 0 Å². The molecule has 0 N–H and O–H groups in total. The number of benzene rings is 8. The maximum atomic E-state index is 10.8. The summed E-state index contributed by atoms with van der Waals surface area (Å²) in [7, 11) is 0. The molecule has 0 atom stereocenters. The average molecular weight is 688 g/mol. The third kappa shape index (κ3) is 3.85. The molecular formula is C50H29N3O. The Hall–Kier alpha value is -7.35. The van der Waals surface area contributed by atoms with Crippen molar-refractivity contribution in [2.75, 3.05) is 0 Å². The molecule has 0 saturated carbocycles. The van der Waals surface area contributed by atoms with Gasteiger partial charge in [0.15, 0.2) is 0 Å². The molecule has 1 aliphatic carbocycles. The summed E-state index contributed by atoms with van der Waals surface area (Å²) in [6.07, 6.45) is 0.905. The number of para-hydroxylation sites is 4. The first-order chi connectivity index (χ1) is 26.8. The van der Waals surface area contributed by atoms with Crippen molar-refractivity contribution >= 4 is 65.6 Å². The molecular weight excluding hydrogens is 659 g/mol. The lowest BCUT2D eigenvalue weighted by Crippen LogP contribution is -2.00. The van der Waals surface area contributed by atoms with Gasteiger partial charge in [0, 0.05) is 32.5 Å². The number of nitrogens with zero attached hydrogens (tertiary/aromatic N) is 3. The Kier molecular flexibility index (Phi) is 5.87. The fourth-order valence-corrected chi connectivity index (χ4v) is 9.35. The number of hydrogen-bond acceptors (Lipinski definition) is 2. The van der Waals surface area contributed by atoms with Crippen molar-refractivity contribution in [1.29, 1.82) is 5.26 Å². The zero-order chi connectivity index (χ0) is 35.5. The highest BCUT2D eigenvalue weighted by Gasteiger charge is 2.25. The quantitative estimate of drug-likeness (QED) is 0.186. The molecule has 4 heteroatoms. The molecule has 8 aromatic carbocycles. The van der Waals surface area contributed by atoms with E-state index in [0.717, 1.165) is 83.7 Å². The van der Waals surface area contributed by atoms with Gasteiger partial charge in [-0.15, -0.1) is 0 Å². The molecule has 0 fully saturated rings. The molecule has 0 radical (unpaired) electrons. The number of aromatic nitrogens is 2. The van der Waals surface area contributed by atoms with Crippen molar-refractivity contribution in [2.24, 2.45) is 0 Å². The van der Waals surface area contributed by atoms with Gasteiger partial charge in [-0.05, 0) is 88.8 Å². The lowest BCUT2D eigenvalue weighted by molar-refractivity contribution is 0.673. The van der Waals surface area contributed by atoms with Gasteiger partial charge in [-0.2, -0.15) is 5.26 Å². The fourth-order valence-electron chi connectivity index (χ4n) is 9.35. The van der Waals surface area contributed by atoms with E-state index in [1.54, 1.807) is 0 Å². The van der Waals surface area contributed by atoms with Crippen LogP contribution in [-0.2, 0) is 6.42 Å². The van der Waals surface area contributed by atoms with Crippen molar-refractivity contribution in [3.8, 4) is 39.7 Å². The highest BCUT2D eigenvalue weighted by molar-refractivity contribution is 6.24. The molecule has 1 aliphatic rings. The van der Waals surface area contributed by atoms with Gasteiger partial charge in [0.05, 0.1) is 44.4 Å². The van der Waals surface area contributed by atoms with Crippen LogP contribution >= 0.6 is 0 Å². The molecule has 250 valence electrons. The first-order valence-corrected chi connectivity index (χ1v) is 18.4. The number of furan rings is 1. The van der Waals surface area contributed by atoms with Crippen LogP contribution < -0.4 is 0 Å². The number of hydrogen-bond donors (Lipinski definition) is 0. The van der Waals surface area contributed by atoms with E-state index in [1.807, 2.05) is 12.1 Å². The molecule has 3 aromatic heterocycles. The van der Waals surface area contributed by atoms with Gasteiger partial charge in [0.25, 0.3) is 0 Å². The molecule has 0 aliphatic heterocycles. The van der Waals surface area contributed by atoms with E-state index in [2.05, 4.69) is 167 Å². The first kappa shape index (κ1) is 29.3. The summed E-state index contributed by atoms with van der Waals surface area (Å²) < 4.78 is 11.2. The van der Waals surface area contributed by atoms with Gasteiger partial charge in [0.1, 0.15) is 17.2 Å². The summed E-state index contributed by atoms with van der Waals surface area (Å²) >= 11 is 0. The van der Waals surface area contributed by atoms with Gasteiger partial charge in [0.2, 0.25) is 0 Å². The van der Waals surface area contributed by atoms with Crippen molar-refractivity contribution in [2.45, 2.75) is 6.42 Å². The Morgan fingerprint density at radius 2 is 1.13 bits per heavy atom. The van der Waals surface area contributed by atoms with Crippen molar-refractivity contribution in [3.05, 3.63) is 180 Å². The van der Waals surface area contributed by atoms with Crippen LogP contribution in [0.5, 0.6) is 0 Å². The minimum atomic E-state index is 0.625. The monoisotopic (exact) mass is 687 g/mol. The minimum Gasteiger partial charge on any atom is -0.455 e. The van der Waals surface area contributed by atoms with Crippen LogP contribution in [0.25, 0.3) is 99.2 Å². The third-order valence-corrected chi connectivity index (χ3v) is 11.6. The summed E-state index contributed by atoms with van der Waals surface area (Å²) in [5.41, 5.74) is 16.1. The Labute approximate surface area is 309 Å². The molecule has 0 spiro atoms. The predicted molar refractivity (Wildman–Crippen MR) is 221 cm³/mol. The fraction of sp³-hybridized carbons (Fsp3) is 0.0200. The van der Waals surface area contributed by atoms with Crippen LogP contribution in [-0.4, -0.2) is 9.13 Å². The SMILES string of the molecule is N#Cc1cc(-c2ccccc2-n2c3ccccc3c3c4oc5ccccc5c4ccc32)ccc1-n1c2ccccc2c2c3c(ccc21)-c1ccccc1C3. The number of nitriles is 1. The molecule has 0 saturated heterocycles. The average Bonchev–Trinajstić information content (AvgIpc) is 3.98. The highest BCUT2D eigenvalue weighted by Crippen LogP contribution is 2.46. The van der Waals surface area contributed by atoms with Crippen LogP contribution in [0.3, 0.4) is 0 Å². The normalized spacial score (nSPS) is 12.4. The molecule has 0 unspecified atom stereocenters. The van der Waals surface area contributed by atoms with E-state index in [9.17, 15) is 5.26 Å². The van der Waals surface area contributed by atoms with E-state index in [4.69, 9.17) is 4.42 Å². The topological polar surface area (TPSA) is 46.8 Å². The molecule has 4 nitrogen and oxygen atoms in total. The Balaban J connectivity index is 1.07. The van der Waals surface area contributed by atoms with Crippen molar-refractivity contribution < 1.29 is 4.42 Å². The van der Waals surface area contributed by atoms with Gasteiger partial charge in [-0.25, -0.2) is 0 Å². The molecule has 54 heavy (non-hydrogen) atoms. The molecule has 3 heterocycles. The van der Waals surface area contributed by atoms with E-state index >= 15 is 0 Å². The maximum absolute atomic E-state index is 10.8. The lowest BCUT2D eigenvalue weighted by atomic mass is 9.99. The lowest BCUT2D eigenvalue weighted by Gasteiger charge is -2.16. The van der Waals surface area contributed by atoms with E-state index in [1.165, 1.54) is 33.0 Å². The van der Waals surface area contributed by atoms with E-state index in [0.29, 0.717) is 5.56 Å². The zero-order valence-electron chi connectivity index (χ0n) is 29.0. The van der Waals surface area contributed by atoms with Crippen molar-refractivity contribution in [3.63, 3.8) is 0 Å². The van der Waals surface area contributed by atoms with Crippen molar-refractivity contribution in [1.82, 2.24) is 9.13 Å². The van der Waals surface area contributed by atoms with Crippen LogP contribution in [0.2, 0.25) is 0 Å². The number of fused-ring (bicyclic) bond motifs is 14. The minimum absolute atomic E-state index is 0.625. The van der Waals surface area contributed by atoms with Gasteiger partial charge in [-0.1, -0.05) is 109 Å². The van der Waals surface area contributed by atoms with Crippen LogP contribution in [0.15, 0.2) is 168 Å². The zero-order valence-corrected chi connectivity index (χ0v) is 29.0.